The average molecular weight is 269 g/mol. The largest absolute Gasteiger partial charge is 0.353 e. The highest BCUT2D eigenvalue weighted by atomic mass is 16.2. The topological polar surface area (TPSA) is 75.4 Å². The molecule has 0 radical (unpaired) electrons. The molecule has 0 aliphatic carbocycles. The minimum Gasteiger partial charge on any atom is -0.353 e. The van der Waals surface area contributed by atoms with Crippen LogP contribution in [0, 0.1) is 0 Å². The molecule has 110 valence electrons. The van der Waals surface area contributed by atoms with Gasteiger partial charge in [-0.1, -0.05) is 26.7 Å². The number of nitrogens with one attached hydrogen (secondary N) is 1. The van der Waals surface area contributed by atoms with Crippen LogP contribution in [0.3, 0.4) is 0 Å². The number of piperidine rings is 1. The number of rotatable bonds is 6. The fourth-order valence-corrected chi connectivity index (χ4v) is 2.36. The van der Waals surface area contributed by atoms with E-state index in [0.717, 1.165) is 32.1 Å². The predicted octanol–water partition coefficient (Wildman–Crippen LogP) is 1.02. The molecule has 1 aliphatic rings. The molecule has 1 atom stereocenters. The predicted molar refractivity (Wildman–Crippen MR) is 75.5 cm³/mol. The summed E-state index contributed by atoms with van der Waals surface area (Å²) >= 11 is 0. The minimum atomic E-state index is -0.360. The molecule has 3 N–H and O–H groups in total. The Bertz CT molecular complexity index is 299. The van der Waals surface area contributed by atoms with Crippen LogP contribution in [0.25, 0.3) is 0 Å². The molecule has 1 rings (SSSR count). The summed E-state index contributed by atoms with van der Waals surface area (Å²) in [7, 11) is 0. The second-order valence-corrected chi connectivity index (χ2v) is 5.27. The quantitative estimate of drug-likeness (QED) is 0.756. The number of carbonyl (C=O) groups excluding carboxylic acids is 2. The zero-order valence-corrected chi connectivity index (χ0v) is 12.2. The summed E-state index contributed by atoms with van der Waals surface area (Å²) in [6.45, 7) is 5.35. The molecular weight excluding hydrogens is 242 g/mol. The molecule has 2 amide bonds. The number of unbranched alkanes of at least 4 members (excludes halogenated alkanes) is 1. The molecule has 0 aromatic rings. The van der Waals surface area contributed by atoms with Crippen LogP contribution in [-0.4, -0.2) is 41.9 Å². The molecule has 5 nitrogen and oxygen atoms in total. The third kappa shape index (κ3) is 5.19. The second kappa shape index (κ2) is 8.15. The van der Waals surface area contributed by atoms with E-state index in [-0.39, 0.29) is 23.9 Å². The Labute approximate surface area is 115 Å². The van der Waals surface area contributed by atoms with Crippen molar-refractivity contribution < 1.29 is 9.59 Å². The first-order valence-corrected chi connectivity index (χ1v) is 7.42. The Morgan fingerprint density at radius 1 is 1.32 bits per heavy atom. The van der Waals surface area contributed by atoms with E-state index in [1.165, 1.54) is 0 Å². The van der Waals surface area contributed by atoms with Crippen molar-refractivity contribution in [3.05, 3.63) is 0 Å². The molecule has 1 heterocycles. The second-order valence-electron chi connectivity index (χ2n) is 5.27. The van der Waals surface area contributed by atoms with Crippen molar-refractivity contribution in [1.82, 2.24) is 10.2 Å². The molecule has 1 unspecified atom stereocenters. The summed E-state index contributed by atoms with van der Waals surface area (Å²) in [4.78, 5) is 25.3. The van der Waals surface area contributed by atoms with Crippen LogP contribution in [0.15, 0.2) is 0 Å². The van der Waals surface area contributed by atoms with E-state index in [1.807, 2.05) is 11.8 Å². The average Bonchev–Trinajstić information content (AvgIpc) is 2.44. The Morgan fingerprint density at radius 3 is 2.47 bits per heavy atom. The van der Waals surface area contributed by atoms with Crippen LogP contribution in [0.5, 0.6) is 0 Å². The van der Waals surface area contributed by atoms with Crippen molar-refractivity contribution in [2.24, 2.45) is 5.73 Å². The van der Waals surface area contributed by atoms with Gasteiger partial charge in [-0.3, -0.25) is 9.59 Å². The van der Waals surface area contributed by atoms with Gasteiger partial charge in [0.05, 0.1) is 6.04 Å². The first-order chi connectivity index (χ1) is 9.08. The summed E-state index contributed by atoms with van der Waals surface area (Å²) in [6.07, 6.45) is 5.00. The lowest BCUT2D eigenvalue weighted by Gasteiger charge is -2.33. The van der Waals surface area contributed by atoms with Crippen molar-refractivity contribution in [2.75, 3.05) is 13.1 Å². The minimum absolute atomic E-state index is 0.0636. The van der Waals surface area contributed by atoms with Gasteiger partial charge in [0.25, 0.3) is 0 Å². The van der Waals surface area contributed by atoms with Crippen LogP contribution in [0.4, 0.5) is 0 Å². The maximum atomic E-state index is 12.1. The molecule has 0 bridgehead atoms. The summed E-state index contributed by atoms with van der Waals surface area (Å²) in [5, 5.41) is 2.98. The first kappa shape index (κ1) is 16.0. The smallest absolute Gasteiger partial charge is 0.239 e. The Morgan fingerprint density at radius 2 is 1.95 bits per heavy atom. The zero-order chi connectivity index (χ0) is 14.3. The van der Waals surface area contributed by atoms with Gasteiger partial charge in [0, 0.05) is 25.6 Å². The highest BCUT2D eigenvalue weighted by Gasteiger charge is 2.26. The van der Waals surface area contributed by atoms with Crippen molar-refractivity contribution in [2.45, 2.75) is 64.5 Å². The molecular formula is C14H27N3O2. The molecule has 1 saturated heterocycles. The van der Waals surface area contributed by atoms with Gasteiger partial charge in [-0.25, -0.2) is 0 Å². The highest BCUT2D eigenvalue weighted by molar-refractivity contribution is 5.81. The molecule has 1 aliphatic heterocycles. The third-order valence-electron chi connectivity index (χ3n) is 3.68. The molecule has 0 aromatic heterocycles. The molecule has 0 saturated carbocycles. The molecule has 19 heavy (non-hydrogen) atoms. The first-order valence-electron chi connectivity index (χ1n) is 7.42. The van der Waals surface area contributed by atoms with Gasteiger partial charge in [0.1, 0.15) is 0 Å². The van der Waals surface area contributed by atoms with E-state index in [1.54, 1.807) is 0 Å². The normalized spacial score (nSPS) is 18.2. The van der Waals surface area contributed by atoms with Crippen LogP contribution >= 0.6 is 0 Å². The number of hydrogen-bond donors (Lipinski definition) is 2. The SMILES string of the molecule is CCCCC(N)C(=O)N1CCC(NC(=O)CC)CC1. The lowest BCUT2D eigenvalue weighted by atomic mass is 10.0. The Hall–Kier alpha value is -1.10. The summed E-state index contributed by atoms with van der Waals surface area (Å²) < 4.78 is 0. The molecule has 0 spiro atoms. The molecule has 5 heteroatoms. The van der Waals surface area contributed by atoms with Crippen LogP contribution in [0.2, 0.25) is 0 Å². The third-order valence-corrected chi connectivity index (χ3v) is 3.68. The van der Waals surface area contributed by atoms with E-state index in [9.17, 15) is 9.59 Å². The fourth-order valence-electron chi connectivity index (χ4n) is 2.36. The van der Waals surface area contributed by atoms with Crippen molar-refractivity contribution in [3.8, 4) is 0 Å². The lowest BCUT2D eigenvalue weighted by molar-refractivity contribution is -0.134. The van der Waals surface area contributed by atoms with Crippen LogP contribution < -0.4 is 11.1 Å². The molecule has 0 aromatic carbocycles. The number of carbonyl (C=O) groups is 2. The Balaban J connectivity index is 2.32. The van der Waals surface area contributed by atoms with Gasteiger partial charge in [-0.2, -0.15) is 0 Å². The van der Waals surface area contributed by atoms with Gasteiger partial charge < -0.3 is 16.0 Å². The van der Waals surface area contributed by atoms with Crippen molar-refractivity contribution >= 4 is 11.8 Å². The number of amides is 2. The zero-order valence-electron chi connectivity index (χ0n) is 12.2. The Kier molecular flexibility index (Phi) is 6.84. The van der Waals surface area contributed by atoms with Crippen molar-refractivity contribution in [1.29, 1.82) is 0 Å². The summed E-state index contributed by atoms with van der Waals surface area (Å²) in [5.41, 5.74) is 5.91. The van der Waals surface area contributed by atoms with Gasteiger partial charge in [0.15, 0.2) is 0 Å². The van der Waals surface area contributed by atoms with Crippen molar-refractivity contribution in [3.63, 3.8) is 0 Å². The number of likely N-dealkylation sites (tertiary alicyclic amines) is 1. The van der Waals surface area contributed by atoms with Crippen LogP contribution in [-0.2, 0) is 9.59 Å². The van der Waals surface area contributed by atoms with Crippen LogP contribution in [0.1, 0.15) is 52.4 Å². The number of nitrogens with zero attached hydrogens (tertiary/aromatic N) is 1. The standard InChI is InChI=1S/C14H27N3O2/c1-3-5-6-12(15)14(19)17-9-7-11(8-10-17)16-13(18)4-2/h11-12H,3-10,15H2,1-2H3,(H,16,18). The highest BCUT2D eigenvalue weighted by Crippen LogP contribution is 2.13. The van der Waals surface area contributed by atoms with E-state index in [2.05, 4.69) is 12.2 Å². The molecule has 1 fully saturated rings. The van der Waals surface area contributed by atoms with E-state index in [0.29, 0.717) is 19.5 Å². The number of hydrogen-bond acceptors (Lipinski definition) is 3. The maximum Gasteiger partial charge on any atom is 0.239 e. The summed E-state index contributed by atoms with van der Waals surface area (Å²) in [6, 6.07) is -0.148. The lowest BCUT2D eigenvalue weighted by Crippen LogP contribution is -2.50. The van der Waals surface area contributed by atoms with E-state index in [4.69, 9.17) is 5.73 Å². The van der Waals surface area contributed by atoms with Gasteiger partial charge >= 0.3 is 0 Å². The monoisotopic (exact) mass is 269 g/mol. The maximum absolute atomic E-state index is 12.1. The van der Waals surface area contributed by atoms with Gasteiger partial charge in [0.2, 0.25) is 11.8 Å². The fraction of sp³-hybridized carbons (Fsp3) is 0.857. The van der Waals surface area contributed by atoms with Gasteiger partial charge in [-0.15, -0.1) is 0 Å². The van der Waals surface area contributed by atoms with E-state index < -0.39 is 0 Å². The number of nitrogens with two attached hydrogens (primary N) is 1. The summed E-state index contributed by atoms with van der Waals surface area (Å²) in [5.74, 6) is 0.151. The van der Waals surface area contributed by atoms with E-state index >= 15 is 0 Å². The van der Waals surface area contributed by atoms with Gasteiger partial charge in [-0.05, 0) is 19.3 Å².